The molecule has 0 aliphatic carbocycles. The number of thioether (sulfide) groups is 1. The standard InChI is InChI=1S/C13H13BrN4O3S/c1-2-21-13(20)15-10(19)7-22-12-16-11(17-18-12)8-5-3-4-6-9(8)14/h3-6H,2,7H2,1H3,(H,15,19,20)(H,16,17,18). The predicted octanol–water partition coefficient (Wildman–Crippen LogP) is 2.60. The van der Waals surface area contributed by atoms with Crippen LogP contribution in [0.25, 0.3) is 11.4 Å². The van der Waals surface area contributed by atoms with Crippen LogP contribution in [0.3, 0.4) is 0 Å². The first-order valence-corrected chi connectivity index (χ1v) is 8.14. The molecule has 0 bridgehead atoms. The van der Waals surface area contributed by atoms with Crippen LogP contribution in [0.1, 0.15) is 6.92 Å². The van der Waals surface area contributed by atoms with Crippen LogP contribution in [0.15, 0.2) is 33.9 Å². The Morgan fingerprint density at radius 2 is 2.18 bits per heavy atom. The summed E-state index contributed by atoms with van der Waals surface area (Å²) in [7, 11) is 0. The van der Waals surface area contributed by atoms with Crippen LogP contribution in [-0.4, -0.2) is 39.5 Å². The summed E-state index contributed by atoms with van der Waals surface area (Å²) in [6.07, 6.45) is -0.753. The highest BCUT2D eigenvalue weighted by Gasteiger charge is 2.12. The zero-order valence-corrected chi connectivity index (χ0v) is 14.0. The van der Waals surface area contributed by atoms with Crippen LogP contribution in [0, 0.1) is 0 Å². The Morgan fingerprint density at radius 1 is 1.41 bits per heavy atom. The average Bonchev–Trinajstić information content (AvgIpc) is 2.94. The summed E-state index contributed by atoms with van der Waals surface area (Å²) in [4.78, 5) is 26.9. The lowest BCUT2D eigenvalue weighted by atomic mass is 10.2. The monoisotopic (exact) mass is 384 g/mol. The predicted molar refractivity (Wildman–Crippen MR) is 85.4 cm³/mol. The highest BCUT2D eigenvalue weighted by Crippen LogP contribution is 2.26. The molecule has 9 heteroatoms. The molecular formula is C13H13BrN4O3S. The van der Waals surface area contributed by atoms with Crippen LogP contribution in [0.5, 0.6) is 0 Å². The molecule has 0 radical (unpaired) electrons. The number of ether oxygens (including phenoxy) is 1. The number of nitrogens with one attached hydrogen (secondary N) is 2. The maximum atomic E-state index is 11.5. The molecule has 116 valence electrons. The molecular weight excluding hydrogens is 372 g/mol. The van der Waals surface area contributed by atoms with E-state index in [1.165, 1.54) is 0 Å². The zero-order valence-electron chi connectivity index (χ0n) is 11.6. The van der Waals surface area contributed by atoms with Gasteiger partial charge in [0, 0.05) is 10.0 Å². The molecule has 7 nitrogen and oxygen atoms in total. The second-order valence-corrected chi connectivity index (χ2v) is 5.80. The Hall–Kier alpha value is -1.87. The lowest BCUT2D eigenvalue weighted by Gasteiger charge is -2.02. The third-order valence-electron chi connectivity index (χ3n) is 2.44. The summed E-state index contributed by atoms with van der Waals surface area (Å²) in [5.74, 6) is 0.156. The Bertz CT molecular complexity index is 677. The maximum absolute atomic E-state index is 11.5. The summed E-state index contributed by atoms with van der Waals surface area (Å²) in [6, 6.07) is 7.59. The van der Waals surface area contributed by atoms with Crippen LogP contribution < -0.4 is 5.32 Å². The van der Waals surface area contributed by atoms with Crippen molar-refractivity contribution in [2.75, 3.05) is 12.4 Å². The highest BCUT2D eigenvalue weighted by molar-refractivity contribution is 9.10. The first kappa shape index (κ1) is 16.5. The van der Waals surface area contributed by atoms with Crippen molar-refractivity contribution in [2.45, 2.75) is 12.1 Å². The van der Waals surface area contributed by atoms with Crippen molar-refractivity contribution < 1.29 is 14.3 Å². The molecule has 0 spiro atoms. The van der Waals surface area contributed by atoms with Gasteiger partial charge in [-0.2, -0.15) is 0 Å². The van der Waals surface area contributed by atoms with Crippen LogP contribution in [-0.2, 0) is 9.53 Å². The summed E-state index contributed by atoms with van der Waals surface area (Å²) in [5, 5.41) is 9.37. The third-order valence-corrected chi connectivity index (χ3v) is 3.98. The quantitative estimate of drug-likeness (QED) is 0.768. The maximum Gasteiger partial charge on any atom is 0.413 e. The van der Waals surface area contributed by atoms with Gasteiger partial charge in [0.05, 0.1) is 12.4 Å². The Labute approximate surface area is 139 Å². The van der Waals surface area contributed by atoms with Crippen LogP contribution in [0.2, 0.25) is 0 Å². The van der Waals surface area contributed by atoms with Crippen molar-refractivity contribution in [1.29, 1.82) is 0 Å². The van der Waals surface area contributed by atoms with Gasteiger partial charge in [-0.15, -0.1) is 5.10 Å². The topological polar surface area (TPSA) is 97.0 Å². The van der Waals surface area contributed by atoms with Crippen molar-refractivity contribution in [1.82, 2.24) is 20.5 Å². The molecule has 0 unspecified atom stereocenters. The van der Waals surface area contributed by atoms with Crippen molar-refractivity contribution in [3.8, 4) is 11.4 Å². The minimum atomic E-state index is -0.753. The number of amides is 2. The summed E-state index contributed by atoms with van der Waals surface area (Å²) in [5.41, 5.74) is 0.873. The largest absolute Gasteiger partial charge is 0.450 e. The number of halogens is 1. The lowest BCUT2D eigenvalue weighted by Crippen LogP contribution is -2.32. The van der Waals surface area contributed by atoms with E-state index in [-0.39, 0.29) is 12.4 Å². The SMILES string of the molecule is CCOC(=O)NC(=O)CSc1n[nH]c(-c2ccccc2Br)n1. The summed E-state index contributed by atoms with van der Waals surface area (Å²) >= 11 is 4.56. The van der Waals surface area contributed by atoms with E-state index < -0.39 is 12.0 Å². The molecule has 22 heavy (non-hydrogen) atoms. The number of aromatic amines is 1. The fourth-order valence-corrected chi connectivity index (χ4v) is 2.60. The van der Waals surface area contributed by atoms with Gasteiger partial charge in [0.15, 0.2) is 5.82 Å². The van der Waals surface area contributed by atoms with Crippen LogP contribution >= 0.6 is 27.7 Å². The Morgan fingerprint density at radius 3 is 2.91 bits per heavy atom. The van der Waals surface area contributed by atoms with E-state index in [0.717, 1.165) is 21.8 Å². The van der Waals surface area contributed by atoms with Gasteiger partial charge in [-0.05, 0) is 13.0 Å². The average molecular weight is 385 g/mol. The number of aromatic nitrogens is 3. The van der Waals surface area contributed by atoms with E-state index in [0.29, 0.717) is 11.0 Å². The molecule has 0 atom stereocenters. The van der Waals surface area contributed by atoms with Crippen molar-refractivity contribution in [2.24, 2.45) is 0 Å². The van der Waals surface area contributed by atoms with E-state index in [9.17, 15) is 9.59 Å². The number of benzene rings is 1. The number of alkyl carbamates (subject to hydrolysis) is 1. The second-order valence-electron chi connectivity index (χ2n) is 4.00. The Balaban J connectivity index is 1.92. The molecule has 1 aromatic heterocycles. The minimum Gasteiger partial charge on any atom is -0.450 e. The number of rotatable bonds is 5. The molecule has 1 heterocycles. The normalized spacial score (nSPS) is 10.3. The molecule has 1 aromatic carbocycles. The minimum absolute atomic E-state index is 0.0199. The van der Waals surface area contributed by atoms with Crippen molar-refractivity contribution in [3.63, 3.8) is 0 Å². The van der Waals surface area contributed by atoms with E-state index in [1.807, 2.05) is 24.3 Å². The van der Waals surface area contributed by atoms with E-state index in [4.69, 9.17) is 0 Å². The number of carbonyl (C=O) groups is 2. The third kappa shape index (κ3) is 4.57. The highest BCUT2D eigenvalue weighted by atomic mass is 79.9. The van der Waals surface area contributed by atoms with E-state index in [2.05, 4.69) is 41.2 Å². The molecule has 0 fully saturated rings. The molecule has 0 aliphatic heterocycles. The molecule has 0 aliphatic rings. The first-order chi connectivity index (χ1) is 10.6. The van der Waals surface area contributed by atoms with Crippen LogP contribution in [0.4, 0.5) is 4.79 Å². The molecule has 2 amide bonds. The fourth-order valence-electron chi connectivity index (χ4n) is 1.53. The Kier molecular flexibility index (Phi) is 5.96. The first-order valence-electron chi connectivity index (χ1n) is 6.37. The number of carbonyl (C=O) groups excluding carboxylic acids is 2. The number of nitrogens with zero attached hydrogens (tertiary/aromatic N) is 2. The lowest BCUT2D eigenvalue weighted by molar-refractivity contribution is -0.117. The van der Waals surface area contributed by atoms with Gasteiger partial charge in [-0.1, -0.05) is 45.9 Å². The van der Waals surface area contributed by atoms with Gasteiger partial charge in [0.1, 0.15) is 0 Å². The molecule has 0 saturated heterocycles. The number of imide groups is 1. The molecule has 2 N–H and O–H groups in total. The molecule has 2 aromatic rings. The van der Waals surface area contributed by atoms with Gasteiger partial charge < -0.3 is 4.74 Å². The second kappa shape index (κ2) is 7.95. The van der Waals surface area contributed by atoms with Gasteiger partial charge in [0.2, 0.25) is 11.1 Å². The van der Waals surface area contributed by atoms with Crippen molar-refractivity contribution >= 4 is 39.7 Å². The van der Waals surface area contributed by atoms with E-state index >= 15 is 0 Å². The zero-order chi connectivity index (χ0) is 15.9. The van der Waals surface area contributed by atoms with Gasteiger partial charge in [-0.3, -0.25) is 15.2 Å². The molecule has 0 saturated carbocycles. The van der Waals surface area contributed by atoms with Gasteiger partial charge >= 0.3 is 6.09 Å². The summed E-state index contributed by atoms with van der Waals surface area (Å²) in [6.45, 7) is 1.87. The number of H-pyrrole nitrogens is 1. The van der Waals surface area contributed by atoms with Gasteiger partial charge in [0.25, 0.3) is 0 Å². The molecule has 2 rings (SSSR count). The van der Waals surface area contributed by atoms with Crippen molar-refractivity contribution in [3.05, 3.63) is 28.7 Å². The smallest absolute Gasteiger partial charge is 0.413 e. The fraction of sp³-hybridized carbons (Fsp3) is 0.231. The number of hydrogen-bond acceptors (Lipinski definition) is 6. The van der Waals surface area contributed by atoms with Gasteiger partial charge in [-0.25, -0.2) is 9.78 Å². The summed E-state index contributed by atoms with van der Waals surface area (Å²) < 4.78 is 5.51. The van der Waals surface area contributed by atoms with E-state index in [1.54, 1.807) is 6.92 Å². The number of hydrogen-bond donors (Lipinski definition) is 2.